The van der Waals surface area contributed by atoms with Gasteiger partial charge in [0.2, 0.25) is 11.8 Å². The summed E-state index contributed by atoms with van der Waals surface area (Å²) in [6.07, 6.45) is 2.66. The molecule has 0 aliphatic heterocycles. The molecule has 1 aliphatic carbocycles. The van der Waals surface area contributed by atoms with Crippen LogP contribution in [0.5, 0.6) is 0 Å². The fourth-order valence-electron chi connectivity index (χ4n) is 1.97. The van der Waals surface area contributed by atoms with Crippen molar-refractivity contribution in [1.29, 1.82) is 0 Å². The summed E-state index contributed by atoms with van der Waals surface area (Å²) in [7, 11) is 1.64. The van der Waals surface area contributed by atoms with Gasteiger partial charge in [-0.3, -0.25) is 9.59 Å². The Labute approximate surface area is 124 Å². The highest BCUT2D eigenvalue weighted by molar-refractivity contribution is 7.81. The molecule has 1 fully saturated rings. The molecule has 1 aromatic rings. The van der Waals surface area contributed by atoms with E-state index >= 15 is 0 Å². The maximum absolute atomic E-state index is 12.2. The van der Waals surface area contributed by atoms with Crippen molar-refractivity contribution in [3.63, 3.8) is 0 Å². The van der Waals surface area contributed by atoms with Gasteiger partial charge in [0.05, 0.1) is 11.8 Å². The predicted molar refractivity (Wildman–Crippen MR) is 81.7 cm³/mol. The average Bonchev–Trinajstić information content (AvgIpc) is 3.22. The van der Waals surface area contributed by atoms with Crippen molar-refractivity contribution in [3.8, 4) is 0 Å². The van der Waals surface area contributed by atoms with E-state index in [4.69, 9.17) is 0 Å². The molecule has 2 amide bonds. The quantitative estimate of drug-likeness (QED) is 0.776. The van der Waals surface area contributed by atoms with Gasteiger partial charge in [-0.1, -0.05) is 30.3 Å². The van der Waals surface area contributed by atoms with Crippen LogP contribution < -0.4 is 5.32 Å². The molecule has 0 bridgehead atoms. The Kier molecular flexibility index (Phi) is 5.06. The molecule has 0 saturated heterocycles. The fraction of sp³-hybridized carbons (Fsp3) is 0.467. The van der Waals surface area contributed by atoms with E-state index in [0.717, 1.165) is 18.4 Å². The summed E-state index contributed by atoms with van der Waals surface area (Å²) in [6.45, 7) is 0.0984. The van der Waals surface area contributed by atoms with Crippen LogP contribution in [-0.2, 0) is 16.0 Å². The first kappa shape index (κ1) is 14.9. The van der Waals surface area contributed by atoms with E-state index in [9.17, 15) is 9.59 Å². The molecule has 1 atom stereocenters. The first-order valence-electron chi connectivity index (χ1n) is 6.82. The van der Waals surface area contributed by atoms with E-state index in [-0.39, 0.29) is 18.4 Å². The van der Waals surface area contributed by atoms with Crippen LogP contribution in [0.25, 0.3) is 0 Å². The molecule has 0 radical (unpaired) electrons. The van der Waals surface area contributed by atoms with Gasteiger partial charge in [0.15, 0.2) is 0 Å². The Bertz CT molecular complexity index is 474. The maximum atomic E-state index is 12.2. The highest BCUT2D eigenvalue weighted by atomic mass is 32.1. The number of benzene rings is 1. The summed E-state index contributed by atoms with van der Waals surface area (Å²) in [5.74, 6) is -0.216. The van der Waals surface area contributed by atoms with Gasteiger partial charge in [0, 0.05) is 13.1 Å². The van der Waals surface area contributed by atoms with Crippen molar-refractivity contribution in [2.75, 3.05) is 13.6 Å². The summed E-state index contributed by atoms with van der Waals surface area (Å²) >= 11 is 4.36. The van der Waals surface area contributed by atoms with E-state index in [1.165, 1.54) is 4.90 Å². The van der Waals surface area contributed by atoms with Crippen LogP contribution in [0.15, 0.2) is 30.3 Å². The molecule has 1 aliphatic rings. The Balaban J connectivity index is 1.80. The number of likely N-dealkylation sites (N-methyl/N-ethyl adjacent to an activating group) is 1. The first-order valence-corrected chi connectivity index (χ1v) is 7.34. The molecule has 108 valence electrons. The monoisotopic (exact) mass is 292 g/mol. The summed E-state index contributed by atoms with van der Waals surface area (Å²) in [4.78, 5) is 25.3. The molecule has 2 rings (SSSR count). The fourth-order valence-corrected chi connectivity index (χ4v) is 2.38. The second-order valence-electron chi connectivity index (χ2n) is 5.24. The zero-order chi connectivity index (χ0) is 14.5. The number of nitrogens with zero attached hydrogens (tertiary/aromatic N) is 1. The van der Waals surface area contributed by atoms with Crippen LogP contribution in [-0.4, -0.2) is 41.6 Å². The number of hydrogen-bond acceptors (Lipinski definition) is 3. The van der Waals surface area contributed by atoms with Gasteiger partial charge in [-0.05, 0) is 24.8 Å². The van der Waals surface area contributed by atoms with E-state index < -0.39 is 5.25 Å². The van der Waals surface area contributed by atoms with Crippen molar-refractivity contribution in [2.45, 2.75) is 30.6 Å². The van der Waals surface area contributed by atoms with Crippen LogP contribution in [0.3, 0.4) is 0 Å². The predicted octanol–water partition coefficient (Wildman–Crippen LogP) is 1.26. The molecule has 1 aromatic carbocycles. The number of amides is 2. The van der Waals surface area contributed by atoms with Crippen LogP contribution in [0, 0.1) is 0 Å². The van der Waals surface area contributed by atoms with E-state index in [2.05, 4.69) is 17.9 Å². The van der Waals surface area contributed by atoms with Gasteiger partial charge in [0.25, 0.3) is 0 Å². The highest BCUT2D eigenvalue weighted by Crippen LogP contribution is 2.18. The van der Waals surface area contributed by atoms with Gasteiger partial charge in [-0.15, -0.1) is 0 Å². The summed E-state index contributed by atoms with van der Waals surface area (Å²) in [5.41, 5.74) is 1.07. The van der Waals surface area contributed by atoms with Crippen molar-refractivity contribution in [2.24, 2.45) is 0 Å². The van der Waals surface area contributed by atoms with E-state index in [1.54, 1.807) is 7.05 Å². The maximum Gasteiger partial charge on any atom is 0.239 e. The minimum Gasteiger partial charge on any atom is -0.352 e. The third-order valence-electron chi connectivity index (χ3n) is 3.26. The lowest BCUT2D eigenvalue weighted by atomic mass is 10.1. The molecular weight excluding hydrogens is 272 g/mol. The summed E-state index contributed by atoms with van der Waals surface area (Å²) in [6, 6.07) is 10.1. The molecule has 0 heterocycles. The van der Waals surface area contributed by atoms with Crippen molar-refractivity contribution in [1.82, 2.24) is 10.2 Å². The van der Waals surface area contributed by atoms with Gasteiger partial charge >= 0.3 is 0 Å². The number of thiol groups is 1. The molecule has 4 nitrogen and oxygen atoms in total. The van der Waals surface area contributed by atoms with Crippen molar-refractivity contribution >= 4 is 24.4 Å². The Morgan fingerprint density at radius 3 is 2.60 bits per heavy atom. The molecule has 20 heavy (non-hydrogen) atoms. The molecule has 0 spiro atoms. The Hall–Kier alpha value is -1.49. The number of hydrogen-bond donors (Lipinski definition) is 2. The standard InChI is InChI=1S/C15H20N2O2S/c1-17(10-14(18)16-12-7-8-12)15(19)13(20)9-11-5-3-2-4-6-11/h2-6,12-13,20H,7-10H2,1H3,(H,16,18). The van der Waals surface area contributed by atoms with Crippen LogP contribution in [0.2, 0.25) is 0 Å². The second kappa shape index (κ2) is 6.79. The lowest BCUT2D eigenvalue weighted by molar-refractivity contribution is -0.134. The first-order chi connectivity index (χ1) is 9.56. The lowest BCUT2D eigenvalue weighted by Crippen LogP contribution is -2.42. The molecular formula is C15H20N2O2S. The Morgan fingerprint density at radius 2 is 2.00 bits per heavy atom. The number of carbonyl (C=O) groups is 2. The van der Waals surface area contributed by atoms with Crippen molar-refractivity contribution in [3.05, 3.63) is 35.9 Å². The summed E-state index contributed by atoms with van der Waals surface area (Å²) < 4.78 is 0. The smallest absolute Gasteiger partial charge is 0.239 e. The average molecular weight is 292 g/mol. The third-order valence-corrected chi connectivity index (χ3v) is 3.66. The minimum atomic E-state index is -0.420. The molecule has 1 unspecified atom stereocenters. The molecule has 1 saturated carbocycles. The summed E-state index contributed by atoms with van der Waals surface area (Å²) in [5, 5.41) is 2.45. The largest absolute Gasteiger partial charge is 0.352 e. The van der Waals surface area contributed by atoms with Gasteiger partial charge in [0.1, 0.15) is 0 Å². The Morgan fingerprint density at radius 1 is 1.35 bits per heavy atom. The number of carbonyl (C=O) groups excluding carboxylic acids is 2. The van der Waals surface area contributed by atoms with Crippen LogP contribution in [0.1, 0.15) is 18.4 Å². The topological polar surface area (TPSA) is 49.4 Å². The third kappa shape index (κ3) is 4.56. The van der Waals surface area contributed by atoms with Crippen LogP contribution >= 0.6 is 12.6 Å². The SMILES string of the molecule is CN(CC(=O)NC1CC1)C(=O)C(S)Cc1ccccc1. The van der Waals surface area contributed by atoms with Gasteiger partial charge in [-0.25, -0.2) is 0 Å². The van der Waals surface area contributed by atoms with Gasteiger partial charge in [-0.2, -0.15) is 12.6 Å². The minimum absolute atomic E-state index is 0.0939. The van der Waals surface area contributed by atoms with Crippen molar-refractivity contribution < 1.29 is 9.59 Å². The highest BCUT2D eigenvalue weighted by Gasteiger charge is 2.25. The van der Waals surface area contributed by atoms with Gasteiger partial charge < -0.3 is 10.2 Å². The molecule has 1 N–H and O–H groups in total. The lowest BCUT2D eigenvalue weighted by Gasteiger charge is -2.20. The second-order valence-corrected chi connectivity index (χ2v) is 5.86. The zero-order valence-electron chi connectivity index (χ0n) is 11.6. The van der Waals surface area contributed by atoms with Crippen LogP contribution in [0.4, 0.5) is 0 Å². The number of rotatable bonds is 6. The normalized spacial score (nSPS) is 15.5. The molecule has 0 aromatic heterocycles. The number of nitrogens with one attached hydrogen (secondary N) is 1. The van der Waals surface area contributed by atoms with E-state index in [1.807, 2.05) is 30.3 Å². The van der Waals surface area contributed by atoms with E-state index in [0.29, 0.717) is 12.5 Å². The molecule has 5 heteroatoms. The zero-order valence-corrected chi connectivity index (χ0v) is 12.5.